The highest BCUT2D eigenvalue weighted by atomic mass is 19.2. The van der Waals surface area contributed by atoms with Gasteiger partial charge in [0.05, 0.1) is 5.69 Å². The first-order valence-electron chi connectivity index (χ1n) is 8.67. The van der Waals surface area contributed by atoms with Crippen LogP contribution in [0.25, 0.3) is 0 Å². The Bertz CT molecular complexity index is 1170. The third kappa shape index (κ3) is 3.90. The molecule has 0 radical (unpaired) electrons. The summed E-state index contributed by atoms with van der Waals surface area (Å²) in [5.41, 5.74) is 0.0620. The Morgan fingerprint density at radius 3 is 2.17 bits per heavy atom. The summed E-state index contributed by atoms with van der Waals surface area (Å²) in [6, 6.07) is 10.8. The summed E-state index contributed by atoms with van der Waals surface area (Å²) in [4.78, 5) is 24.7. The number of halogens is 3. The molecule has 2 amide bonds. The van der Waals surface area contributed by atoms with Gasteiger partial charge in [-0.25, -0.2) is 13.2 Å². The van der Waals surface area contributed by atoms with Crippen LogP contribution in [0.3, 0.4) is 0 Å². The van der Waals surface area contributed by atoms with Gasteiger partial charge < -0.3 is 20.1 Å². The molecule has 0 aliphatic carbocycles. The first kappa shape index (κ1) is 19.3. The minimum Gasteiger partial charge on any atom is -0.454 e. The van der Waals surface area contributed by atoms with Crippen molar-refractivity contribution in [2.75, 3.05) is 17.4 Å². The molecule has 30 heavy (non-hydrogen) atoms. The Morgan fingerprint density at radius 1 is 0.700 bits per heavy atom. The summed E-state index contributed by atoms with van der Waals surface area (Å²) >= 11 is 0. The van der Waals surface area contributed by atoms with Crippen LogP contribution in [-0.2, 0) is 0 Å². The van der Waals surface area contributed by atoms with E-state index in [0.29, 0.717) is 17.6 Å². The summed E-state index contributed by atoms with van der Waals surface area (Å²) in [6.45, 7) is 0.0688. The number of ether oxygens (including phenoxy) is 2. The van der Waals surface area contributed by atoms with Crippen molar-refractivity contribution in [2.24, 2.45) is 0 Å². The minimum absolute atomic E-state index is 0.0688. The van der Waals surface area contributed by atoms with Crippen LogP contribution in [0.4, 0.5) is 24.5 Å². The quantitative estimate of drug-likeness (QED) is 0.666. The van der Waals surface area contributed by atoms with E-state index in [1.807, 2.05) is 0 Å². The molecule has 1 heterocycles. The monoisotopic (exact) mass is 414 g/mol. The molecule has 0 unspecified atom stereocenters. The van der Waals surface area contributed by atoms with E-state index in [0.717, 1.165) is 18.2 Å². The molecule has 0 saturated carbocycles. The highest BCUT2D eigenvalue weighted by Crippen LogP contribution is 2.32. The maximum Gasteiger partial charge on any atom is 0.255 e. The summed E-state index contributed by atoms with van der Waals surface area (Å²) < 4.78 is 50.9. The van der Waals surface area contributed by atoms with Gasteiger partial charge in [-0.2, -0.15) is 0 Å². The van der Waals surface area contributed by atoms with Crippen LogP contribution in [0.2, 0.25) is 0 Å². The number of hydrogen-bond acceptors (Lipinski definition) is 4. The maximum atomic E-state index is 14.1. The third-order valence-corrected chi connectivity index (χ3v) is 4.29. The number of amides is 2. The van der Waals surface area contributed by atoms with Crippen molar-refractivity contribution in [1.29, 1.82) is 0 Å². The molecule has 0 aromatic heterocycles. The molecule has 1 aliphatic heterocycles. The second kappa shape index (κ2) is 7.78. The number of nitrogens with one attached hydrogen (secondary N) is 2. The van der Waals surface area contributed by atoms with E-state index in [1.165, 1.54) is 24.3 Å². The van der Waals surface area contributed by atoms with Crippen molar-refractivity contribution in [3.05, 3.63) is 83.2 Å². The van der Waals surface area contributed by atoms with Crippen molar-refractivity contribution in [3.63, 3.8) is 0 Å². The fourth-order valence-electron chi connectivity index (χ4n) is 2.77. The van der Waals surface area contributed by atoms with Crippen LogP contribution in [-0.4, -0.2) is 18.6 Å². The van der Waals surface area contributed by atoms with Crippen molar-refractivity contribution in [1.82, 2.24) is 0 Å². The molecule has 0 spiro atoms. The van der Waals surface area contributed by atoms with E-state index in [1.54, 1.807) is 6.07 Å². The number of carbonyl (C=O) groups is 2. The summed E-state index contributed by atoms with van der Waals surface area (Å²) in [5.74, 6) is -3.45. The van der Waals surface area contributed by atoms with E-state index in [-0.39, 0.29) is 29.3 Å². The summed E-state index contributed by atoms with van der Waals surface area (Å²) in [6.07, 6.45) is 0. The number of anilines is 2. The predicted octanol–water partition coefficient (Wildman–Crippen LogP) is 4.34. The van der Waals surface area contributed by atoms with Crippen LogP contribution in [0.1, 0.15) is 20.7 Å². The lowest BCUT2D eigenvalue weighted by atomic mass is 10.1. The number of rotatable bonds is 4. The van der Waals surface area contributed by atoms with Gasteiger partial charge in [0.2, 0.25) is 6.79 Å². The number of benzene rings is 3. The van der Waals surface area contributed by atoms with E-state index in [2.05, 4.69) is 10.6 Å². The van der Waals surface area contributed by atoms with Crippen LogP contribution >= 0.6 is 0 Å². The molecular weight excluding hydrogens is 401 g/mol. The van der Waals surface area contributed by atoms with Crippen LogP contribution in [0, 0.1) is 17.5 Å². The van der Waals surface area contributed by atoms with Gasteiger partial charge >= 0.3 is 0 Å². The minimum atomic E-state index is -1.20. The lowest BCUT2D eigenvalue weighted by Gasteiger charge is -2.10. The maximum absolute atomic E-state index is 14.1. The molecule has 3 aromatic rings. The topological polar surface area (TPSA) is 76.7 Å². The predicted molar refractivity (Wildman–Crippen MR) is 101 cm³/mol. The van der Waals surface area contributed by atoms with Gasteiger partial charge in [0, 0.05) is 16.8 Å². The normalized spacial score (nSPS) is 11.8. The van der Waals surface area contributed by atoms with Crippen LogP contribution in [0.5, 0.6) is 11.5 Å². The van der Waals surface area contributed by atoms with Crippen molar-refractivity contribution < 1.29 is 32.2 Å². The first-order valence-corrected chi connectivity index (χ1v) is 8.67. The molecule has 0 saturated heterocycles. The molecule has 0 fully saturated rings. The molecule has 6 nitrogen and oxygen atoms in total. The second-order valence-electron chi connectivity index (χ2n) is 6.30. The Balaban J connectivity index is 1.50. The molecule has 1 aliphatic rings. The molecule has 2 N–H and O–H groups in total. The van der Waals surface area contributed by atoms with Crippen molar-refractivity contribution in [3.8, 4) is 11.5 Å². The Hall–Kier alpha value is -4.01. The fourth-order valence-corrected chi connectivity index (χ4v) is 2.77. The van der Waals surface area contributed by atoms with Gasteiger partial charge in [-0.15, -0.1) is 0 Å². The molecule has 0 atom stereocenters. The first-order chi connectivity index (χ1) is 14.4. The largest absolute Gasteiger partial charge is 0.454 e. The summed E-state index contributed by atoms with van der Waals surface area (Å²) in [5, 5.41) is 4.85. The average Bonchev–Trinajstić information content (AvgIpc) is 3.20. The van der Waals surface area contributed by atoms with Crippen molar-refractivity contribution >= 4 is 23.2 Å². The molecule has 152 valence electrons. The number of fused-ring (bicyclic) bond motifs is 1. The smallest absolute Gasteiger partial charge is 0.255 e. The van der Waals surface area contributed by atoms with Gasteiger partial charge in [0.1, 0.15) is 5.82 Å². The molecule has 9 heteroatoms. The zero-order chi connectivity index (χ0) is 21.3. The van der Waals surface area contributed by atoms with Gasteiger partial charge in [0.25, 0.3) is 11.8 Å². The zero-order valence-corrected chi connectivity index (χ0v) is 15.2. The second-order valence-corrected chi connectivity index (χ2v) is 6.30. The van der Waals surface area contributed by atoms with Crippen molar-refractivity contribution in [2.45, 2.75) is 0 Å². The zero-order valence-electron chi connectivity index (χ0n) is 15.2. The number of hydrogen-bond donors (Lipinski definition) is 2. The average molecular weight is 414 g/mol. The van der Waals surface area contributed by atoms with E-state index < -0.39 is 29.3 Å². The molecule has 0 bridgehead atoms. The van der Waals surface area contributed by atoms with Gasteiger partial charge in [-0.1, -0.05) is 0 Å². The molecule has 4 rings (SSSR count). The third-order valence-electron chi connectivity index (χ3n) is 4.29. The SMILES string of the molecule is O=C(Nc1ccc(F)c(NC(=O)c2ccc(F)c(F)c2)c1)c1ccc2c(c1)OCO2. The molecule has 3 aromatic carbocycles. The van der Waals surface area contributed by atoms with E-state index in [4.69, 9.17) is 9.47 Å². The Labute approximate surface area is 168 Å². The lowest BCUT2D eigenvalue weighted by Crippen LogP contribution is -2.15. The highest BCUT2D eigenvalue weighted by Gasteiger charge is 2.17. The van der Waals surface area contributed by atoms with Crippen LogP contribution < -0.4 is 20.1 Å². The Morgan fingerprint density at radius 2 is 1.37 bits per heavy atom. The lowest BCUT2D eigenvalue weighted by molar-refractivity contribution is 0.101. The van der Waals surface area contributed by atoms with E-state index in [9.17, 15) is 22.8 Å². The Kier molecular flexibility index (Phi) is 5.01. The number of carbonyl (C=O) groups excluding carboxylic acids is 2. The standard InChI is InChI=1S/C21H13F3N2O4/c22-14-4-1-11(7-16(14)24)21(28)26-17-9-13(3-5-15(17)23)25-20(27)12-2-6-18-19(8-12)30-10-29-18/h1-9H,10H2,(H,25,27)(H,26,28). The van der Waals surface area contributed by atoms with Gasteiger partial charge in [0.15, 0.2) is 23.1 Å². The van der Waals surface area contributed by atoms with Gasteiger partial charge in [-0.3, -0.25) is 9.59 Å². The van der Waals surface area contributed by atoms with Gasteiger partial charge in [-0.05, 0) is 54.6 Å². The summed E-state index contributed by atoms with van der Waals surface area (Å²) in [7, 11) is 0. The molecular formula is C21H13F3N2O4. The highest BCUT2D eigenvalue weighted by molar-refractivity contribution is 6.06. The van der Waals surface area contributed by atoms with Crippen LogP contribution in [0.15, 0.2) is 54.6 Å². The van der Waals surface area contributed by atoms with E-state index >= 15 is 0 Å². The fraction of sp³-hybridized carbons (Fsp3) is 0.0476.